The van der Waals surface area contributed by atoms with Crippen molar-refractivity contribution < 1.29 is 38.2 Å². The number of carbonyl (C=O) groups excluding carboxylic acids is 3. The summed E-state index contributed by atoms with van der Waals surface area (Å²) in [6, 6.07) is -0.728. The summed E-state index contributed by atoms with van der Waals surface area (Å²) < 4.78 is 17.2. The number of quaternary nitrogens is 1. The van der Waals surface area contributed by atoms with E-state index in [0.29, 0.717) is 12.8 Å². The standard InChI is InChI=1S/C51H93NO7/c1-6-8-10-12-14-16-18-20-22-23-24-25-26-27-28-30-32-34-36-38-40-42-50(54)59-47(45-57-44-43-48(51(55)56)52(3,4)5)46-58-49(53)41-39-37-35-33-31-29-21-19-17-15-13-11-9-7-2/h9,11,15,17,21,29,47-48H,6-8,10,12-14,16,18-20,22-28,30-46H2,1-5H3/b11-9+,17-15+,29-21+. The maximum absolute atomic E-state index is 12.8. The lowest BCUT2D eigenvalue weighted by atomic mass is 10.0. The molecule has 0 amide bonds. The highest BCUT2D eigenvalue weighted by Crippen LogP contribution is 2.16. The van der Waals surface area contributed by atoms with Crippen molar-refractivity contribution in [2.24, 2.45) is 0 Å². The number of carboxylic acid groups (broad SMARTS) is 1. The van der Waals surface area contributed by atoms with Gasteiger partial charge in [-0.15, -0.1) is 0 Å². The number of hydrogen-bond acceptors (Lipinski definition) is 7. The van der Waals surface area contributed by atoms with Gasteiger partial charge in [-0.1, -0.05) is 192 Å². The van der Waals surface area contributed by atoms with E-state index in [4.69, 9.17) is 14.2 Å². The minimum atomic E-state index is -1.13. The molecule has 0 saturated carbocycles. The number of allylic oxidation sites excluding steroid dienone is 6. The molecule has 0 saturated heterocycles. The number of aliphatic carboxylic acids is 1. The number of hydrogen-bond donors (Lipinski definition) is 0. The van der Waals surface area contributed by atoms with Crippen molar-refractivity contribution in [1.82, 2.24) is 0 Å². The van der Waals surface area contributed by atoms with Crippen molar-refractivity contribution in [3.8, 4) is 0 Å². The fraction of sp³-hybridized carbons (Fsp3) is 0.824. The van der Waals surface area contributed by atoms with Crippen molar-refractivity contribution >= 4 is 17.9 Å². The van der Waals surface area contributed by atoms with E-state index in [1.165, 1.54) is 116 Å². The van der Waals surface area contributed by atoms with Crippen LogP contribution in [0.25, 0.3) is 0 Å². The van der Waals surface area contributed by atoms with Gasteiger partial charge < -0.3 is 28.6 Å². The number of likely N-dealkylation sites (N-methyl/N-ethyl adjacent to an activating group) is 1. The van der Waals surface area contributed by atoms with Gasteiger partial charge in [-0.2, -0.15) is 0 Å². The Morgan fingerprint density at radius 2 is 0.949 bits per heavy atom. The van der Waals surface area contributed by atoms with Gasteiger partial charge in [0.25, 0.3) is 0 Å². The number of nitrogens with zero attached hydrogens (tertiary/aromatic N) is 1. The Bertz CT molecular complexity index is 1060. The molecule has 0 aliphatic carbocycles. The van der Waals surface area contributed by atoms with Crippen molar-refractivity contribution in [3.05, 3.63) is 36.5 Å². The Labute approximate surface area is 364 Å². The number of esters is 2. The number of unbranched alkanes of at least 4 members (excludes halogenated alkanes) is 24. The summed E-state index contributed by atoms with van der Waals surface area (Å²) in [5, 5.41) is 11.6. The molecule has 0 aromatic heterocycles. The fourth-order valence-corrected chi connectivity index (χ4v) is 7.26. The molecule has 0 aliphatic rings. The van der Waals surface area contributed by atoms with E-state index in [1.54, 1.807) is 21.1 Å². The van der Waals surface area contributed by atoms with E-state index in [0.717, 1.165) is 70.6 Å². The topological polar surface area (TPSA) is 102 Å². The van der Waals surface area contributed by atoms with Crippen LogP contribution in [0.1, 0.15) is 219 Å². The first-order chi connectivity index (χ1) is 28.6. The van der Waals surface area contributed by atoms with Crippen molar-refractivity contribution in [2.45, 2.75) is 231 Å². The van der Waals surface area contributed by atoms with Crippen LogP contribution in [0.3, 0.4) is 0 Å². The van der Waals surface area contributed by atoms with Crippen LogP contribution in [0.15, 0.2) is 36.5 Å². The van der Waals surface area contributed by atoms with E-state index in [-0.39, 0.29) is 42.7 Å². The van der Waals surface area contributed by atoms with Gasteiger partial charge in [0.15, 0.2) is 6.10 Å². The highest BCUT2D eigenvalue weighted by Gasteiger charge is 2.25. The van der Waals surface area contributed by atoms with E-state index in [2.05, 4.69) is 50.3 Å². The Morgan fingerprint density at radius 3 is 1.41 bits per heavy atom. The molecule has 0 radical (unpaired) electrons. The summed E-state index contributed by atoms with van der Waals surface area (Å²) in [6.45, 7) is 4.55. The third-order valence-corrected chi connectivity index (χ3v) is 11.0. The smallest absolute Gasteiger partial charge is 0.306 e. The van der Waals surface area contributed by atoms with Crippen LogP contribution in [0.4, 0.5) is 0 Å². The van der Waals surface area contributed by atoms with Gasteiger partial charge >= 0.3 is 11.9 Å². The molecule has 0 aromatic carbocycles. The minimum absolute atomic E-state index is 0.0362. The largest absolute Gasteiger partial charge is 0.544 e. The maximum Gasteiger partial charge on any atom is 0.306 e. The van der Waals surface area contributed by atoms with Crippen molar-refractivity contribution in [2.75, 3.05) is 41.0 Å². The maximum atomic E-state index is 12.8. The van der Waals surface area contributed by atoms with E-state index >= 15 is 0 Å². The molecule has 2 unspecified atom stereocenters. The van der Waals surface area contributed by atoms with Crippen LogP contribution in [-0.2, 0) is 28.6 Å². The Hall–Kier alpha value is -2.45. The zero-order valence-corrected chi connectivity index (χ0v) is 39.2. The lowest BCUT2D eigenvalue weighted by Gasteiger charge is -2.34. The average Bonchev–Trinajstić information content (AvgIpc) is 3.19. The molecule has 8 heteroatoms. The fourth-order valence-electron chi connectivity index (χ4n) is 7.26. The molecule has 0 fully saturated rings. The highest BCUT2D eigenvalue weighted by molar-refractivity contribution is 5.70. The average molecular weight is 832 g/mol. The van der Waals surface area contributed by atoms with Gasteiger partial charge in [0.1, 0.15) is 12.6 Å². The third kappa shape index (κ3) is 40.7. The van der Waals surface area contributed by atoms with E-state index in [9.17, 15) is 19.5 Å². The number of carboxylic acids is 1. The van der Waals surface area contributed by atoms with Crippen LogP contribution in [-0.4, -0.2) is 75.5 Å². The molecule has 0 rings (SSSR count). The second kappa shape index (κ2) is 42.2. The lowest BCUT2D eigenvalue weighted by molar-refractivity contribution is -0.889. The first-order valence-electron chi connectivity index (χ1n) is 24.5. The van der Waals surface area contributed by atoms with Crippen LogP contribution < -0.4 is 5.11 Å². The molecule has 0 spiro atoms. The van der Waals surface area contributed by atoms with Crippen LogP contribution in [0, 0.1) is 0 Å². The molecule has 59 heavy (non-hydrogen) atoms. The first kappa shape index (κ1) is 56.5. The number of ether oxygens (including phenoxy) is 3. The first-order valence-corrected chi connectivity index (χ1v) is 24.5. The third-order valence-electron chi connectivity index (χ3n) is 11.0. The molecule has 344 valence electrons. The Kier molecular flexibility index (Phi) is 40.5. The lowest BCUT2D eigenvalue weighted by Crippen LogP contribution is -2.55. The molecule has 0 bridgehead atoms. The summed E-state index contributed by atoms with van der Waals surface area (Å²) in [7, 11) is 5.41. The van der Waals surface area contributed by atoms with Crippen LogP contribution in [0.2, 0.25) is 0 Å². The Morgan fingerprint density at radius 1 is 0.525 bits per heavy atom. The predicted molar refractivity (Wildman–Crippen MR) is 245 cm³/mol. The number of rotatable bonds is 44. The summed E-state index contributed by atoms with van der Waals surface area (Å²) in [5.41, 5.74) is 0. The minimum Gasteiger partial charge on any atom is -0.544 e. The summed E-state index contributed by atoms with van der Waals surface area (Å²) >= 11 is 0. The summed E-state index contributed by atoms with van der Waals surface area (Å²) in [5.74, 6) is -1.75. The normalized spacial score (nSPS) is 13.2. The van der Waals surface area contributed by atoms with Gasteiger partial charge in [0, 0.05) is 19.3 Å². The molecule has 2 atom stereocenters. The zero-order valence-electron chi connectivity index (χ0n) is 39.2. The molecule has 0 heterocycles. The molecular formula is C51H93NO7. The van der Waals surface area contributed by atoms with Crippen molar-refractivity contribution in [3.63, 3.8) is 0 Å². The SMILES string of the molecule is CC/C=C/C/C=C/C/C=C/CCCCCCC(=O)OCC(COCCC(C(=O)[O-])[N+](C)(C)C)OC(=O)CCCCCCCCCCCCCCCCCCCCCCC. The van der Waals surface area contributed by atoms with Gasteiger partial charge in [0.05, 0.1) is 40.3 Å². The van der Waals surface area contributed by atoms with Gasteiger partial charge in [-0.05, 0) is 44.9 Å². The van der Waals surface area contributed by atoms with Gasteiger partial charge in [0.2, 0.25) is 0 Å². The van der Waals surface area contributed by atoms with Gasteiger partial charge in [-0.25, -0.2) is 0 Å². The quantitative estimate of drug-likeness (QED) is 0.0261. The summed E-state index contributed by atoms with van der Waals surface area (Å²) in [6.07, 6.45) is 48.9. The molecule has 8 nitrogen and oxygen atoms in total. The second-order valence-electron chi connectivity index (χ2n) is 17.7. The monoisotopic (exact) mass is 832 g/mol. The molecular weight excluding hydrogens is 739 g/mol. The second-order valence-corrected chi connectivity index (χ2v) is 17.7. The van der Waals surface area contributed by atoms with Crippen LogP contribution >= 0.6 is 0 Å². The zero-order chi connectivity index (χ0) is 43.5. The van der Waals surface area contributed by atoms with Crippen molar-refractivity contribution in [1.29, 1.82) is 0 Å². The predicted octanol–water partition coefficient (Wildman–Crippen LogP) is 12.5. The van der Waals surface area contributed by atoms with E-state index < -0.39 is 18.1 Å². The molecule has 0 aromatic rings. The van der Waals surface area contributed by atoms with Gasteiger partial charge in [-0.3, -0.25) is 9.59 Å². The van der Waals surface area contributed by atoms with E-state index in [1.807, 2.05) is 0 Å². The Balaban J connectivity index is 4.24. The van der Waals surface area contributed by atoms with Crippen LogP contribution in [0.5, 0.6) is 0 Å². The molecule has 0 aliphatic heterocycles. The molecule has 0 N–H and O–H groups in total. The number of carbonyl (C=O) groups is 3. The summed E-state index contributed by atoms with van der Waals surface area (Å²) in [4.78, 5) is 36.9. The highest BCUT2D eigenvalue weighted by atomic mass is 16.6.